The second kappa shape index (κ2) is 5.04. The highest BCUT2D eigenvalue weighted by Gasteiger charge is 2.38. The molecule has 2 fully saturated rings. The van der Waals surface area contributed by atoms with Gasteiger partial charge >= 0.3 is 5.97 Å². The normalized spacial score (nSPS) is 28.4. The van der Waals surface area contributed by atoms with Gasteiger partial charge in [-0.1, -0.05) is 0 Å². The number of carboxylic acid groups (broad SMARTS) is 1. The summed E-state index contributed by atoms with van der Waals surface area (Å²) in [4.78, 5) is 24.0. The van der Waals surface area contributed by atoms with Crippen molar-refractivity contribution in [3.63, 3.8) is 0 Å². The predicted octanol–water partition coefficient (Wildman–Crippen LogP) is 0.735. The summed E-state index contributed by atoms with van der Waals surface area (Å²) in [5, 5.41) is 8.71. The number of amides is 1. The van der Waals surface area contributed by atoms with Gasteiger partial charge in [-0.05, 0) is 25.7 Å². The van der Waals surface area contributed by atoms with E-state index in [1.165, 1.54) is 0 Å². The van der Waals surface area contributed by atoms with Gasteiger partial charge in [0.25, 0.3) is 0 Å². The molecule has 1 aliphatic carbocycles. The lowest BCUT2D eigenvalue weighted by Gasteiger charge is -2.40. The molecule has 0 radical (unpaired) electrons. The molecule has 0 bridgehead atoms. The van der Waals surface area contributed by atoms with Crippen molar-refractivity contribution in [2.75, 3.05) is 19.7 Å². The Morgan fingerprint density at radius 1 is 1.35 bits per heavy atom. The molecule has 0 atom stereocenters. The molecule has 5 heteroatoms. The summed E-state index contributed by atoms with van der Waals surface area (Å²) in [6.07, 6.45) is 2.82. The van der Waals surface area contributed by atoms with Crippen molar-refractivity contribution in [1.82, 2.24) is 4.90 Å². The van der Waals surface area contributed by atoms with Crippen molar-refractivity contribution in [3.8, 4) is 0 Å². The average Bonchev–Trinajstić information content (AvgIpc) is 2.11. The lowest BCUT2D eigenvalue weighted by molar-refractivity contribution is -0.153. The molecule has 2 rings (SSSR count). The molecule has 0 aromatic rings. The number of hydrogen-bond donors (Lipinski definition) is 1. The van der Waals surface area contributed by atoms with Crippen molar-refractivity contribution in [2.24, 2.45) is 11.8 Å². The third-order valence-electron chi connectivity index (χ3n) is 3.64. The molecule has 0 aromatic heterocycles. The van der Waals surface area contributed by atoms with Crippen molar-refractivity contribution < 1.29 is 19.4 Å². The number of carbonyl (C=O) groups is 2. The van der Waals surface area contributed by atoms with Crippen molar-refractivity contribution in [1.29, 1.82) is 0 Å². The number of rotatable bonds is 5. The Hall–Kier alpha value is -1.10. The number of carbonyl (C=O) groups excluding carboxylic acids is 1. The maximum Gasteiger partial charge on any atom is 0.310 e. The van der Waals surface area contributed by atoms with Crippen LogP contribution >= 0.6 is 0 Å². The molecular formula is C12H19NO4. The Labute approximate surface area is 101 Å². The highest BCUT2D eigenvalue weighted by Crippen LogP contribution is 2.33. The molecule has 1 saturated carbocycles. The van der Waals surface area contributed by atoms with E-state index in [9.17, 15) is 9.59 Å². The van der Waals surface area contributed by atoms with Crippen LogP contribution in [0.15, 0.2) is 0 Å². The smallest absolute Gasteiger partial charge is 0.310 e. The highest BCUT2D eigenvalue weighted by molar-refractivity contribution is 5.81. The van der Waals surface area contributed by atoms with E-state index in [0.29, 0.717) is 31.5 Å². The first-order valence-electron chi connectivity index (χ1n) is 6.22. The number of ether oxygens (including phenoxy) is 1. The zero-order valence-corrected chi connectivity index (χ0v) is 10.1. The molecule has 0 aromatic carbocycles. The van der Waals surface area contributed by atoms with Crippen LogP contribution in [0.1, 0.15) is 26.2 Å². The zero-order valence-electron chi connectivity index (χ0n) is 10.1. The van der Waals surface area contributed by atoms with Crippen LogP contribution in [0.25, 0.3) is 0 Å². The van der Waals surface area contributed by atoms with E-state index in [0.717, 1.165) is 19.4 Å². The van der Waals surface area contributed by atoms with Gasteiger partial charge in [0.15, 0.2) is 0 Å². The molecule has 2 aliphatic rings. The van der Waals surface area contributed by atoms with Crippen LogP contribution in [0.4, 0.5) is 0 Å². The van der Waals surface area contributed by atoms with Gasteiger partial charge in [0.2, 0.25) is 5.91 Å². The number of carboxylic acids is 1. The van der Waals surface area contributed by atoms with Gasteiger partial charge in [-0.15, -0.1) is 0 Å². The summed E-state index contributed by atoms with van der Waals surface area (Å²) in [6, 6.07) is 0. The number of nitrogens with zero attached hydrogens (tertiary/aromatic N) is 1. The van der Waals surface area contributed by atoms with E-state index in [2.05, 4.69) is 0 Å². The molecule has 0 unspecified atom stereocenters. The molecule has 17 heavy (non-hydrogen) atoms. The minimum atomic E-state index is -0.797. The van der Waals surface area contributed by atoms with Gasteiger partial charge in [0.1, 0.15) is 0 Å². The van der Waals surface area contributed by atoms with Crippen LogP contribution in [-0.4, -0.2) is 47.7 Å². The fraction of sp³-hybridized carbons (Fsp3) is 0.833. The first kappa shape index (κ1) is 12.4. The summed E-state index contributed by atoms with van der Waals surface area (Å²) < 4.78 is 5.44. The summed E-state index contributed by atoms with van der Waals surface area (Å²) in [5.41, 5.74) is 0. The quantitative estimate of drug-likeness (QED) is 0.770. The molecule has 1 saturated heterocycles. The Morgan fingerprint density at radius 2 is 2.00 bits per heavy atom. The number of likely N-dealkylation sites (tertiary alicyclic amines) is 1. The topological polar surface area (TPSA) is 66.8 Å². The summed E-state index contributed by atoms with van der Waals surface area (Å²) in [7, 11) is 0. The highest BCUT2D eigenvalue weighted by atomic mass is 16.5. The third-order valence-corrected chi connectivity index (χ3v) is 3.64. The molecule has 1 N–H and O–H groups in total. The van der Waals surface area contributed by atoms with Gasteiger partial charge in [0, 0.05) is 26.1 Å². The van der Waals surface area contributed by atoms with Gasteiger partial charge in [-0.25, -0.2) is 0 Å². The van der Waals surface area contributed by atoms with Crippen LogP contribution < -0.4 is 0 Å². The van der Waals surface area contributed by atoms with Crippen molar-refractivity contribution >= 4 is 11.9 Å². The largest absolute Gasteiger partial charge is 0.481 e. The Balaban J connectivity index is 1.62. The average molecular weight is 241 g/mol. The molecular weight excluding hydrogens is 222 g/mol. The second-order valence-electron chi connectivity index (χ2n) is 4.95. The Bertz CT molecular complexity index is 306. The van der Waals surface area contributed by atoms with E-state index in [4.69, 9.17) is 9.84 Å². The van der Waals surface area contributed by atoms with Crippen molar-refractivity contribution in [2.45, 2.75) is 32.3 Å². The van der Waals surface area contributed by atoms with E-state index >= 15 is 0 Å². The van der Waals surface area contributed by atoms with E-state index in [-0.39, 0.29) is 11.8 Å². The lowest BCUT2D eigenvalue weighted by Crippen LogP contribution is -2.53. The van der Waals surface area contributed by atoms with Gasteiger partial charge in [0.05, 0.1) is 12.0 Å². The first-order chi connectivity index (χ1) is 8.10. The van der Waals surface area contributed by atoms with Crippen LogP contribution in [0.2, 0.25) is 0 Å². The number of hydrogen-bond acceptors (Lipinski definition) is 3. The molecule has 5 nitrogen and oxygen atoms in total. The van der Waals surface area contributed by atoms with Crippen LogP contribution in [0, 0.1) is 11.8 Å². The first-order valence-corrected chi connectivity index (χ1v) is 6.22. The Kier molecular flexibility index (Phi) is 3.66. The standard InChI is InChI=1S/C12H19NO4/c1-2-17-10-3-8(4-10)5-11(14)13-6-9(7-13)12(15)16/h8-10H,2-7H2,1H3,(H,15,16). The number of aliphatic carboxylic acids is 1. The van der Waals surface area contributed by atoms with Crippen LogP contribution in [0.5, 0.6) is 0 Å². The maximum absolute atomic E-state index is 11.8. The predicted molar refractivity (Wildman–Crippen MR) is 60.5 cm³/mol. The summed E-state index contributed by atoms with van der Waals surface area (Å²) in [5.74, 6) is -0.615. The second-order valence-corrected chi connectivity index (χ2v) is 4.95. The lowest BCUT2D eigenvalue weighted by atomic mass is 9.79. The molecule has 96 valence electrons. The molecule has 1 aliphatic heterocycles. The van der Waals surface area contributed by atoms with Gasteiger partial charge < -0.3 is 14.7 Å². The van der Waals surface area contributed by atoms with Crippen LogP contribution in [0.3, 0.4) is 0 Å². The minimum Gasteiger partial charge on any atom is -0.481 e. The maximum atomic E-state index is 11.8. The fourth-order valence-electron chi connectivity index (χ4n) is 2.43. The minimum absolute atomic E-state index is 0.0995. The molecule has 1 amide bonds. The molecule has 0 spiro atoms. The summed E-state index contributed by atoms with van der Waals surface area (Å²) in [6.45, 7) is 3.48. The van der Waals surface area contributed by atoms with E-state index in [1.54, 1.807) is 4.90 Å². The fourth-order valence-corrected chi connectivity index (χ4v) is 2.43. The summed E-state index contributed by atoms with van der Waals surface area (Å²) >= 11 is 0. The third kappa shape index (κ3) is 2.77. The van der Waals surface area contributed by atoms with Crippen LogP contribution in [-0.2, 0) is 14.3 Å². The zero-order chi connectivity index (χ0) is 12.4. The Morgan fingerprint density at radius 3 is 2.53 bits per heavy atom. The SMILES string of the molecule is CCOC1CC(CC(=O)N2CC(C(=O)O)C2)C1. The van der Waals surface area contributed by atoms with Gasteiger partial charge in [-0.2, -0.15) is 0 Å². The van der Waals surface area contributed by atoms with Crippen molar-refractivity contribution in [3.05, 3.63) is 0 Å². The molecule has 1 heterocycles. The van der Waals surface area contributed by atoms with Gasteiger partial charge in [-0.3, -0.25) is 9.59 Å². The van der Waals surface area contributed by atoms with E-state index in [1.807, 2.05) is 6.92 Å². The monoisotopic (exact) mass is 241 g/mol. The van der Waals surface area contributed by atoms with E-state index < -0.39 is 5.97 Å².